The third kappa shape index (κ3) is 4.58. The Hall–Kier alpha value is -2.49. The van der Waals surface area contributed by atoms with Crippen molar-refractivity contribution in [3.8, 4) is 10.6 Å². The number of hydrogen-bond donors (Lipinski definition) is 0. The van der Waals surface area contributed by atoms with Gasteiger partial charge in [0.25, 0.3) is 0 Å². The zero-order valence-electron chi connectivity index (χ0n) is 17.7. The maximum Gasteiger partial charge on any atom is 0.228 e. The van der Waals surface area contributed by atoms with Crippen LogP contribution in [0.2, 0.25) is 0 Å². The van der Waals surface area contributed by atoms with Crippen molar-refractivity contribution in [2.75, 3.05) is 39.4 Å². The molecule has 0 aliphatic carbocycles. The predicted octanol–water partition coefficient (Wildman–Crippen LogP) is 2.32. The molecule has 0 radical (unpaired) electrons. The number of aryl methyl sites for hydroxylation is 1. The molecule has 2 aliphatic heterocycles. The Kier molecular flexibility index (Phi) is 5.89. The summed E-state index contributed by atoms with van der Waals surface area (Å²) in [5.74, 6) is 0.149. The second-order valence-electron chi connectivity index (χ2n) is 8.16. The molecule has 2 saturated heterocycles. The lowest BCUT2D eigenvalue weighted by Crippen LogP contribution is -2.50. The Morgan fingerprint density at radius 2 is 1.90 bits per heavy atom. The molecule has 0 spiro atoms. The molecule has 0 aromatic carbocycles. The standard InChI is InChI=1S/C22H26N6O2S/c1-15-25-26-22(31-15)17-10-16-11-18(23-14-20(16)24-13-17)12-21(29)28-4-2-19(3-5-28)27-6-8-30-9-7-27/h10-11,13-14,19H,2-9,12H2,1H3. The number of carbonyl (C=O) groups is 1. The number of morpholine rings is 1. The van der Waals surface area contributed by atoms with Crippen LogP contribution in [-0.4, -0.2) is 81.3 Å². The van der Waals surface area contributed by atoms with Gasteiger partial charge in [-0.3, -0.25) is 19.7 Å². The van der Waals surface area contributed by atoms with Gasteiger partial charge in [0.1, 0.15) is 10.0 Å². The van der Waals surface area contributed by atoms with E-state index >= 15 is 0 Å². The van der Waals surface area contributed by atoms with E-state index in [2.05, 4.69) is 25.1 Å². The van der Waals surface area contributed by atoms with E-state index in [1.807, 2.05) is 24.0 Å². The number of piperidine rings is 1. The van der Waals surface area contributed by atoms with Crippen molar-refractivity contribution in [3.05, 3.63) is 35.2 Å². The number of rotatable bonds is 4. The molecular weight excluding hydrogens is 412 g/mol. The smallest absolute Gasteiger partial charge is 0.228 e. The zero-order valence-corrected chi connectivity index (χ0v) is 18.5. The van der Waals surface area contributed by atoms with E-state index in [0.717, 1.165) is 84.4 Å². The van der Waals surface area contributed by atoms with E-state index in [4.69, 9.17) is 4.74 Å². The number of aromatic nitrogens is 4. The average molecular weight is 439 g/mol. The Balaban J connectivity index is 1.24. The summed E-state index contributed by atoms with van der Waals surface area (Å²) in [4.78, 5) is 26.4. The molecule has 5 heterocycles. The van der Waals surface area contributed by atoms with Crippen LogP contribution in [0.3, 0.4) is 0 Å². The van der Waals surface area contributed by atoms with E-state index in [1.54, 1.807) is 23.7 Å². The van der Waals surface area contributed by atoms with Gasteiger partial charge in [-0.25, -0.2) is 0 Å². The predicted molar refractivity (Wildman–Crippen MR) is 119 cm³/mol. The molecule has 1 amide bonds. The van der Waals surface area contributed by atoms with Crippen molar-refractivity contribution in [1.29, 1.82) is 0 Å². The molecule has 0 atom stereocenters. The largest absolute Gasteiger partial charge is 0.379 e. The normalized spacial score (nSPS) is 18.5. The first-order chi connectivity index (χ1) is 15.2. The SMILES string of the molecule is Cc1nnc(-c2cnc3cnc(CC(=O)N4CCC(N5CCOCC5)CC4)cc3c2)s1. The number of amides is 1. The zero-order chi connectivity index (χ0) is 21.2. The van der Waals surface area contributed by atoms with Gasteiger partial charge < -0.3 is 9.64 Å². The highest BCUT2D eigenvalue weighted by Gasteiger charge is 2.27. The molecule has 0 unspecified atom stereocenters. The number of hydrogen-bond acceptors (Lipinski definition) is 8. The quantitative estimate of drug-likeness (QED) is 0.618. The van der Waals surface area contributed by atoms with Gasteiger partial charge in [0.2, 0.25) is 5.91 Å². The van der Waals surface area contributed by atoms with Gasteiger partial charge in [0.15, 0.2) is 0 Å². The summed E-state index contributed by atoms with van der Waals surface area (Å²) in [5.41, 5.74) is 2.53. The summed E-state index contributed by atoms with van der Waals surface area (Å²) in [7, 11) is 0. The minimum atomic E-state index is 0.149. The Morgan fingerprint density at radius 1 is 1.10 bits per heavy atom. The Bertz CT molecular complexity index is 1070. The van der Waals surface area contributed by atoms with Crippen molar-refractivity contribution < 1.29 is 9.53 Å². The van der Waals surface area contributed by atoms with Crippen LogP contribution in [0.1, 0.15) is 23.5 Å². The van der Waals surface area contributed by atoms with Crippen LogP contribution < -0.4 is 0 Å². The van der Waals surface area contributed by atoms with Gasteiger partial charge in [0.05, 0.1) is 37.0 Å². The maximum atomic E-state index is 12.9. The fraction of sp³-hybridized carbons (Fsp3) is 0.500. The summed E-state index contributed by atoms with van der Waals surface area (Å²) in [6, 6.07) is 4.59. The Morgan fingerprint density at radius 3 is 2.65 bits per heavy atom. The fourth-order valence-corrected chi connectivity index (χ4v) is 5.07. The second-order valence-corrected chi connectivity index (χ2v) is 9.34. The van der Waals surface area contributed by atoms with E-state index < -0.39 is 0 Å². The second kappa shape index (κ2) is 8.94. The highest BCUT2D eigenvalue weighted by molar-refractivity contribution is 7.14. The fourth-order valence-electron chi connectivity index (χ4n) is 4.39. The van der Waals surface area contributed by atoms with Crippen LogP contribution >= 0.6 is 11.3 Å². The first-order valence-corrected chi connectivity index (χ1v) is 11.6. The molecule has 5 rings (SSSR count). The third-order valence-electron chi connectivity index (χ3n) is 6.11. The van der Waals surface area contributed by atoms with E-state index in [0.29, 0.717) is 12.5 Å². The summed E-state index contributed by atoms with van der Waals surface area (Å²) >= 11 is 1.54. The van der Waals surface area contributed by atoms with Crippen molar-refractivity contribution in [1.82, 2.24) is 30.0 Å². The van der Waals surface area contributed by atoms with Gasteiger partial charge in [-0.2, -0.15) is 0 Å². The first kappa shape index (κ1) is 20.4. The number of likely N-dealkylation sites (tertiary alicyclic amines) is 1. The van der Waals surface area contributed by atoms with Crippen LogP contribution in [0.25, 0.3) is 21.5 Å². The molecular formula is C22H26N6O2S. The molecule has 9 heteroatoms. The van der Waals surface area contributed by atoms with Gasteiger partial charge >= 0.3 is 0 Å². The summed E-state index contributed by atoms with van der Waals surface area (Å²) in [5, 5.41) is 11.0. The number of fused-ring (bicyclic) bond motifs is 1. The lowest BCUT2D eigenvalue weighted by Gasteiger charge is -2.40. The highest BCUT2D eigenvalue weighted by atomic mass is 32.1. The lowest BCUT2D eigenvalue weighted by molar-refractivity contribution is -0.132. The van der Waals surface area contributed by atoms with Crippen LogP contribution in [0.4, 0.5) is 0 Å². The van der Waals surface area contributed by atoms with Crippen molar-refractivity contribution >= 4 is 28.1 Å². The molecule has 0 bridgehead atoms. The molecule has 31 heavy (non-hydrogen) atoms. The maximum absolute atomic E-state index is 12.9. The van der Waals surface area contributed by atoms with Gasteiger partial charge in [-0.15, -0.1) is 10.2 Å². The van der Waals surface area contributed by atoms with Crippen LogP contribution in [0.5, 0.6) is 0 Å². The van der Waals surface area contributed by atoms with Gasteiger partial charge in [-0.05, 0) is 31.9 Å². The molecule has 8 nitrogen and oxygen atoms in total. The van der Waals surface area contributed by atoms with E-state index in [9.17, 15) is 4.79 Å². The van der Waals surface area contributed by atoms with Gasteiger partial charge in [0, 0.05) is 49.4 Å². The van der Waals surface area contributed by atoms with E-state index in [-0.39, 0.29) is 5.91 Å². The minimum Gasteiger partial charge on any atom is -0.379 e. The molecule has 2 fully saturated rings. The Labute approximate surface area is 185 Å². The molecule has 2 aliphatic rings. The number of carbonyl (C=O) groups excluding carboxylic acids is 1. The van der Waals surface area contributed by atoms with Crippen LogP contribution in [0.15, 0.2) is 24.5 Å². The summed E-state index contributed by atoms with van der Waals surface area (Å²) in [6.45, 7) is 7.22. The first-order valence-electron chi connectivity index (χ1n) is 10.8. The number of pyridine rings is 2. The minimum absolute atomic E-state index is 0.149. The third-order valence-corrected chi connectivity index (χ3v) is 7.00. The van der Waals surface area contributed by atoms with Crippen LogP contribution in [0, 0.1) is 6.92 Å². The summed E-state index contributed by atoms with van der Waals surface area (Å²) in [6.07, 6.45) is 5.93. The average Bonchev–Trinajstić information content (AvgIpc) is 3.25. The van der Waals surface area contributed by atoms with Crippen molar-refractivity contribution in [2.24, 2.45) is 0 Å². The van der Waals surface area contributed by atoms with Gasteiger partial charge in [-0.1, -0.05) is 11.3 Å². The van der Waals surface area contributed by atoms with Crippen molar-refractivity contribution in [3.63, 3.8) is 0 Å². The summed E-state index contributed by atoms with van der Waals surface area (Å²) < 4.78 is 5.46. The monoisotopic (exact) mass is 438 g/mol. The molecule has 3 aromatic heterocycles. The van der Waals surface area contributed by atoms with Crippen molar-refractivity contribution in [2.45, 2.75) is 32.2 Å². The molecule has 162 valence electrons. The molecule has 0 N–H and O–H groups in total. The van der Waals surface area contributed by atoms with Crippen LogP contribution in [-0.2, 0) is 16.0 Å². The van der Waals surface area contributed by atoms with E-state index in [1.165, 1.54) is 0 Å². The highest BCUT2D eigenvalue weighted by Crippen LogP contribution is 2.26. The molecule has 3 aromatic rings. The topological polar surface area (TPSA) is 84.3 Å². The number of ether oxygens (including phenoxy) is 1. The number of nitrogens with zero attached hydrogens (tertiary/aromatic N) is 6. The lowest BCUT2D eigenvalue weighted by atomic mass is 10.0. The molecule has 0 saturated carbocycles.